The number of rotatable bonds is 23. The van der Waals surface area contributed by atoms with Crippen LogP contribution < -0.4 is 42.4 Å². The van der Waals surface area contributed by atoms with E-state index in [9.17, 15) is 52.7 Å². The van der Waals surface area contributed by atoms with Crippen molar-refractivity contribution in [1.29, 1.82) is 0 Å². The van der Waals surface area contributed by atoms with Gasteiger partial charge in [-0.25, -0.2) is 4.79 Å². The van der Waals surface area contributed by atoms with Crippen LogP contribution >= 0.6 is 11.8 Å². The summed E-state index contributed by atoms with van der Waals surface area (Å²) < 4.78 is 11.3. The number of nitrogens with two attached hydrogens (primary N) is 1. The number of carbonyl (C=O) groups is 13. The van der Waals surface area contributed by atoms with Crippen molar-refractivity contribution in [1.82, 2.24) is 46.7 Å². The van der Waals surface area contributed by atoms with Gasteiger partial charge < -0.3 is 57.0 Å². The molecule has 1 aromatic heterocycles. The fraction of sp³-hybridized carbons (Fsp3) is 0.629. The number of ether oxygens (including phenoxy) is 2. The van der Waals surface area contributed by atoms with E-state index >= 15 is 9.59 Å². The number of thioether (sulfide) groups is 1. The summed E-state index contributed by atoms with van der Waals surface area (Å²) >= 11 is 1.10. The van der Waals surface area contributed by atoms with Crippen LogP contribution in [0.5, 0.6) is 5.75 Å². The molecule has 9 N–H and O–H groups in total. The Labute approximate surface area is 517 Å². The second kappa shape index (κ2) is 33.6. The van der Waals surface area contributed by atoms with E-state index in [-0.39, 0.29) is 55.2 Å². The fourth-order valence-electron chi connectivity index (χ4n) is 11.5. The number of Topliss-reactive ketones (excluding diaryl/α,β-unsaturated/α-hetero) is 3. The Hall–Kier alpha value is -7.64. The van der Waals surface area contributed by atoms with Crippen LogP contribution in [-0.4, -0.2) is 167 Å². The predicted octanol–water partition coefficient (Wildman–Crippen LogP) is 3.37. The van der Waals surface area contributed by atoms with Gasteiger partial charge in [0.1, 0.15) is 29.7 Å². The van der Waals surface area contributed by atoms with Crippen LogP contribution in [0.4, 0.5) is 4.79 Å². The monoisotopic (exact) mass is 1240 g/mol. The average molecular weight is 1250 g/mol. The molecule has 4 aliphatic heterocycles. The number of aromatic nitrogens is 1. The number of methoxy groups -OCH3 is 1. The maximum absolute atomic E-state index is 15.2. The van der Waals surface area contributed by atoms with Crippen molar-refractivity contribution >= 4 is 99.3 Å². The second-order valence-corrected chi connectivity index (χ2v) is 24.7. The molecule has 25 nitrogen and oxygen atoms in total. The van der Waals surface area contributed by atoms with Gasteiger partial charge in [-0.3, -0.25) is 62.4 Å². The number of imide groups is 1. The number of alkyl carbamates (subject to hydrolysis) is 1. The Bertz CT molecular complexity index is 2930. The highest BCUT2D eigenvalue weighted by Gasteiger charge is 2.46. The quantitative estimate of drug-likeness (QED) is 0.0584. The molecule has 10 atom stereocenters. The molecular formula is C62H88N10O15S. The number of fused-ring (bicyclic) bond motifs is 5. The Kier molecular flexibility index (Phi) is 26.6. The average Bonchev–Trinajstić information content (AvgIpc) is 2.66. The lowest BCUT2D eigenvalue weighted by atomic mass is 9.81. The number of ketones is 3. The number of amides is 10. The number of unbranched alkanes of at least 4 members (excludes halogenated alkanes) is 6. The van der Waals surface area contributed by atoms with Gasteiger partial charge in [0, 0.05) is 86.9 Å². The van der Waals surface area contributed by atoms with E-state index in [4.69, 9.17) is 15.2 Å². The van der Waals surface area contributed by atoms with Crippen LogP contribution in [0.25, 0.3) is 10.9 Å². The van der Waals surface area contributed by atoms with E-state index < -0.39 is 145 Å². The topological polar surface area (TPSA) is 361 Å². The number of H-pyrrole nitrogens is 1. The van der Waals surface area contributed by atoms with Crippen molar-refractivity contribution in [2.24, 2.45) is 35.3 Å². The summed E-state index contributed by atoms with van der Waals surface area (Å²) in [4.78, 5) is 184. The fourth-order valence-corrected chi connectivity index (χ4v) is 12.7. The third-order valence-corrected chi connectivity index (χ3v) is 18.5. The lowest BCUT2D eigenvalue weighted by Crippen LogP contribution is -2.56. The summed E-state index contributed by atoms with van der Waals surface area (Å²) in [6.07, 6.45) is 5.95. The Morgan fingerprint density at radius 3 is 2.08 bits per heavy atom. The van der Waals surface area contributed by atoms with Crippen molar-refractivity contribution in [2.75, 3.05) is 45.6 Å². The zero-order chi connectivity index (χ0) is 64.2. The highest BCUT2D eigenvalue weighted by molar-refractivity contribution is 7.99. The van der Waals surface area contributed by atoms with Gasteiger partial charge in [-0.05, 0) is 67.6 Å². The van der Waals surface area contributed by atoms with Gasteiger partial charge in [0.15, 0.2) is 11.6 Å². The second-order valence-electron chi connectivity index (χ2n) is 23.7. The Morgan fingerprint density at radius 2 is 1.41 bits per heavy atom. The van der Waals surface area contributed by atoms with E-state index in [1.807, 2.05) is 13.8 Å². The normalized spacial score (nSPS) is 23.9. The summed E-state index contributed by atoms with van der Waals surface area (Å²) in [5.41, 5.74) is 6.88. The summed E-state index contributed by atoms with van der Waals surface area (Å²) in [7, 11) is 1.49. The highest BCUT2D eigenvalue weighted by Crippen LogP contribution is 2.36. The molecule has 6 rings (SSSR count). The lowest BCUT2D eigenvalue weighted by Gasteiger charge is -2.33. The number of aromatic amines is 1. The minimum atomic E-state index is -1.50. The summed E-state index contributed by atoms with van der Waals surface area (Å²) in [6.45, 7) is 8.12. The maximum Gasteiger partial charge on any atom is 0.407 e. The molecule has 0 aliphatic carbocycles. The molecule has 482 valence electrons. The highest BCUT2D eigenvalue weighted by atomic mass is 32.2. The van der Waals surface area contributed by atoms with Crippen LogP contribution in [-0.2, 0) is 68.7 Å². The van der Waals surface area contributed by atoms with Gasteiger partial charge in [0.05, 0.1) is 55.3 Å². The number of hydrogen-bond donors (Lipinski definition) is 8. The number of benzene rings is 1. The first-order valence-corrected chi connectivity index (χ1v) is 31.9. The maximum atomic E-state index is 15.2. The first-order chi connectivity index (χ1) is 42.0. The molecule has 1 unspecified atom stereocenters. The smallest absolute Gasteiger partial charge is 0.407 e. The van der Waals surface area contributed by atoms with E-state index in [1.54, 1.807) is 39.0 Å². The van der Waals surface area contributed by atoms with Crippen molar-refractivity contribution in [3.05, 3.63) is 35.9 Å². The van der Waals surface area contributed by atoms with Gasteiger partial charge in [-0.1, -0.05) is 73.1 Å². The van der Waals surface area contributed by atoms with Gasteiger partial charge >= 0.3 is 6.09 Å². The van der Waals surface area contributed by atoms with E-state index in [0.717, 1.165) is 42.3 Å². The van der Waals surface area contributed by atoms with Gasteiger partial charge in [-0.15, -0.1) is 11.8 Å². The van der Waals surface area contributed by atoms with Crippen molar-refractivity contribution < 1.29 is 71.8 Å². The largest absolute Gasteiger partial charge is 0.497 e. The predicted molar refractivity (Wildman–Crippen MR) is 325 cm³/mol. The first kappa shape index (κ1) is 69.5. The molecule has 5 heterocycles. The Balaban J connectivity index is 1.24. The molecule has 2 bridgehead atoms. The van der Waals surface area contributed by atoms with Crippen LogP contribution in [0.1, 0.15) is 143 Å². The Morgan fingerprint density at radius 1 is 0.750 bits per heavy atom. The van der Waals surface area contributed by atoms with Gasteiger partial charge in [0.25, 0.3) is 11.8 Å². The molecule has 2 aromatic rings. The number of nitrogens with zero attached hydrogens (tertiary/aromatic N) is 2. The summed E-state index contributed by atoms with van der Waals surface area (Å²) in [5.74, 6) is -10.8. The molecule has 0 saturated carbocycles. The zero-order valence-corrected chi connectivity index (χ0v) is 52.2. The van der Waals surface area contributed by atoms with Crippen LogP contribution in [0.15, 0.2) is 35.4 Å². The molecular weight excluding hydrogens is 1160 g/mol. The van der Waals surface area contributed by atoms with Crippen LogP contribution in [0.3, 0.4) is 0 Å². The third kappa shape index (κ3) is 19.7. The minimum absolute atomic E-state index is 0.109. The summed E-state index contributed by atoms with van der Waals surface area (Å²) in [6, 6.07) is -0.00836. The SMILES string of the molecule is CC[C@H](C)[C@H](C)[C@@H]1NC(=O)C2C[C@@H](OC(=O)NCCCCCCCC(=O)CCCCCN3C(=O)C=CC3=O)CN2C(=O)[C@H](CC(N)=O)CC(=O)[C@@H]2CSc3[nH]c4cc(OC)ccc4c3C[C@H](CC1=O)C(=O)NCC(=O)N[C@@H]([C@@H](C)CC)C(=O)NCC(=O)N2. The van der Waals surface area contributed by atoms with Crippen molar-refractivity contribution in [3.63, 3.8) is 0 Å². The molecule has 1 aromatic carbocycles. The molecule has 0 radical (unpaired) electrons. The molecule has 4 aliphatic rings. The lowest BCUT2D eigenvalue weighted by molar-refractivity contribution is -0.145. The minimum Gasteiger partial charge on any atom is -0.497 e. The van der Waals surface area contributed by atoms with E-state index in [0.29, 0.717) is 85.2 Å². The molecule has 10 amide bonds. The number of hydrogen-bond acceptors (Lipinski definition) is 16. The zero-order valence-electron chi connectivity index (χ0n) is 51.4. The number of primary amides is 1. The first-order valence-electron chi connectivity index (χ1n) is 30.9. The van der Waals surface area contributed by atoms with Crippen molar-refractivity contribution in [3.8, 4) is 5.75 Å². The van der Waals surface area contributed by atoms with Gasteiger partial charge in [-0.2, -0.15) is 0 Å². The molecule has 1 fully saturated rings. The van der Waals surface area contributed by atoms with E-state index in [2.05, 4.69) is 36.9 Å². The third-order valence-electron chi connectivity index (χ3n) is 17.3. The van der Waals surface area contributed by atoms with Crippen LogP contribution in [0, 0.1) is 29.6 Å². The van der Waals surface area contributed by atoms with Gasteiger partial charge in [0.2, 0.25) is 41.4 Å². The molecule has 88 heavy (non-hydrogen) atoms. The number of nitrogens with one attached hydrogen (secondary N) is 7. The molecule has 0 spiro atoms. The summed E-state index contributed by atoms with van der Waals surface area (Å²) in [5, 5.41) is 17.3. The molecule has 1 saturated heterocycles. The number of carbonyl (C=O) groups excluding carboxylic acids is 13. The van der Waals surface area contributed by atoms with Crippen LogP contribution in [0.2, 0.25) is 0 Å². The molecule has 26 heteroatoms. The van der Waals surface area contributed by atoms with E-state index in [1.165, 1.54) is 24.2 Å². The standard InChI is InChI=1S/C62H88N10O15S/c1-7-35(3)37(5)56-49(75)26-38-25-44-43-20-19-41(86-6)29-45(43)68-60(44)88-34-46(67-51(77)31-66-59(83)55(36(4)8-2)69-52(78)32-65-57(38)81)48(74)27-39(28-50(63)76)61(84)72-33-42(30-47(72)58(82)70-56)87-62(85)64-23-15-11-9-10-13-17-40(73)18-14-12-16-24-71-53(79)21-22-54(71)80/h19-22,29,35-39,42,46-47,55-56,68H,7-18,23-28,30-34H2,1-6H3,(H2,63,76)(H,64,85)(H,65,81)(H,66,83)(H,67,77)(H,69,78)(H,70,82)/t35-,36-,37-,38+,39-,42+,46-,47?,55-,56-/m0/s1. The van der Waals surface area contributed by atoms with Crippen molar-refractivity contribution in [2.45, 2.75) is 179 Å².